The summed E-state index contributed by atoms with van der Waals surface area (Å²) >= 11 is 23.5. The molecule has 0 spiro atoms. The topological polar surface area (TPSA) is 29.5 Å². The van der Waals surface area contributed by atoms with Gasteiger partial charge < -0.3 is 9.84 Å². The van der Waals surface area contributed by atoms with E-state index in [0.29, 0.717) is 5.75 Å². The fraction of sp³-hybridized carbons (Fsp3) is 0. The molecule has 18 heavy (non-hydrogen) atoms. The smallest absolute Gasteiger partial charge is 0.170 e. The number of para-hydroxylation sites is 1. The number of rotatable bonds is 2. The summed E-state index contributed by atoms with van der Waals surface area (Å²) in [6.07, 6.45) is 0. The maximum absolute atomic E-state index is 9.68. The second kappa shape index (κ2) is 5.45. The Morgan fingerprint density at radius 2 is 1.39 bits per heavy atom. The molecule has 0 saturated heterocycles. The zero-order valence-corrected chi connectivity index (χ0v) is 11.8. The Labute approximate surface area is 124 Å². The van der Waals surface area contributed by atoms with Gasteiger partial charge in [-0.1, -0.05) is 64.6 Å². The van der Waals surface area contributed by atoms with Crippen LogP contribution in [-0.4, -0.2) is 5.11 Å². The van der Waals surface area contributed by atoms with Gasteiger partial charge in [0.1, 0.15) is 20.8 Å². The molecule has 0 aromatic heterocycles. The van der Waals surface area contributed by atoms with Crippen molar-refractivity contribution in [2.24, 2.45) is 0 Å². The zero-order chi connectivity index (χ0) is 13.3. The van der Waals surface area contributed by atoms with Crippen molar-refractivity contribution in [2.45, 2.75) is 0 Å². The van der Waals surface area contributed by atoms with Gasteiger partial charge in [0, 0.05) is 0 Å². The average Bonchev–Trinajstić information content (AvgIpc) is 2.40. The van der Waals surface area contributed by atoms with E-state index in [4.69, 9.17) is 51.1 Å². The fourth-order valence-corrected chi connectivity index (χ4v) is 2.26. The maximum atomic E-state index is 9.68. The molecule has 0 fully saturated rings. The van der Waals surface area contributed by atoms with Crippen molar-refractivity contribution in [3.63, 3.8) is 0 Å². The molecule has 0 saturated carbocycles. The van der Waals surface area contributed by atoms with Crippen LogP contribution < -0.4 is 4.74 Å². The minimum atomic E-state index is -0.362. The average molecular weight is 324 g/mol. The summed E-state index contributed by atoms with van der Waals surface area (Å²) in [5.41, 5.74) is 0. The highest BCUT2D eigenvalue weighted by molar-refractivity contribution is 6.51. The monoisotopic (exact) mass is 322 g/mol. The van der Waals surface area contributed by atoms with Crippen molar-refractivity contribution in [2.75, 3.05) is 0 Å². The van der Waals surface area contributed by atoms with Crippen molar-refractivity contribution >= 4 is 46.4 Å². The van der Waals surface area contributed by atoms with Gasteiger partial charge in [0.15, 0.2) is 11.5 Å². The quantitative estimate of drug-likeness (QED) is 0.559. The highest BCUT2D eigenvalue weighted by atomic mass is 35.5. The lowest BCUT2D eigenvalue weighted by molar-refractivity contribution is 0.456. The summed E-state index contributed by atoms with van der Waals surface area (Å²) in [7, 11) is 0. The van der Waals surface area contributed by atoms with Crippen molar-refractivity contribution in [3.05, 3.63) is 50.4 Å². The third kappa shape index (κ3) is 2.47. The lowest BCUT2D eigenvalue weighted by Crippen LogP contribution is -1.89. The number of ether oxygens (including phenoxy) is 1. The Balaban J connectivity index is 2.52. The normalized spacial score (nSPS) is 10.4. The molecular formula is C12H6Cl4O2. The Morgan fingerprint density at radius 1 is 0.778 bits per heavy atom. The zero-order valence-electron chi connectivity index (χ0n) is 8.75. The first-order valence-corrected chi connectivity index (χ1v) is 6.31. The van der Waals surface area contributed by atoms with Gasteiger partial charge in [-0.15, -0.1) is 0 Å². The van der Waals surface area contributed by atoms with Gasteiger partial charge in [0.05, 0.1) is 5.02 Å². The van der Waals surface area contributed by atoms with E-state index in [2.05, 4.69) is 0 Å². The minimum Gasteiger partial charge on any atom is -0.505 e. The lowest BCUT2D eigenvalue weighted by Gasteiger charge is -2.13. The van der Waals surface area contributed by atoms with Crippen LogP contribution in [0.5, 0.6) is 17.2 Å². The van der Waals surface area contributed by atoms with Gasteiger partial charge in [-0.05, 0) is 12.1 Å². The summed E-state index contributed by atoms with van der Waals surface area (Å²) in [6.45, 7) is 0. The molecule has 0 radical (unpaired) electrons. The summed E-state index contributed by atoms with van der Waals surface area (Å²) in [5.74, 6) is 0.217. The van der Waals surface area contributed by atoms with E-state index in [9.17, 15) is 5.11 Å². The van der Waals surface area contributed by atoms with E-state index < -0.39 is 0 Å². The number of phenolic OH excluding ortho intramolecular Hbond substituents is 1. The molecule has 0 aliphatic carbocycles. The standard InChI is InChI=1S/C12H6Cl4O2/c13-7-8(14)11(17)10(16)12(9(7)15)18-6-4-2-1-3-5-6/h1-5,17H. The summed E-state index contributed by atoms with van der Waals surface area (Å²) < 4.78 is 5.49. The van der Waals surface area contributed by atoms with Crippen LogP contribution in [0.2, 0.25) is 20.1 Å². The summed E-state index contributed by atoms with van der Waals surface area (Å²) in [5, 5.41) is 9.54. The number of halogens is 4. The van der Waals surface area contributed by atoms with E-state index in [1.54, 1.807) is 24.3 Å². The third-order valence-electron chi connectivity index (χ3n) is 2.16. The number of phenols is 1. The lowest BCUT2D eigenvalue weighted by atomic mass is 10.3. The summed E-state index contributed by atoms with van der Waals surface area (Å²) in [4.78, 5) is 0. The van der Waals surface area contributed by atoms with Gasteiger partial charge in [-0.2, -0.15) is 0 Å². The van der Waals surface area contributed by atoms with Crippen LogP contribution >= 0.6 is 46.4 Å². The minimum absolute atomic E-state index is 0.00818. The molecule has 2 aromatic rings. The second-order valence-corrected chi connectivity index (χ2v) is 4.86. The highest BCUT2D eigenvalue weighted by Crippen LogP contribution is 2.50. The van der Waals surface area contributed by atoms with Gasteiger partial charge >= 0.3 is 0 Å². The SMILES string of the molecule is Oc1c(Cl)c(Cl)c(Cl)c(Oc2ccccc2)c1Cl. The highest BCUT2D eigenvalue weighted by Gasteiger charge is 2.21. The first kappa shape index (κ1) is 13.6. The first-order chi connectivity index (χ1) is 8.52. The van der Waals surface area contributed by atoms with E-state index in [0.717, 1.165) is 0 Å². The van der Waals surface area contributed by atoms with Crippen LogP contribution in [-0.2, 0) is 0 Å². The van der Waals surface area contributed by atoms with E-state index >= 15 is 0 Å². The molecule has 0 heterocycles. The number of aromatic hydroxyl groups is 1. The third-order valence-corrected chi connectivity index (χ3v) is 3.81. The van der Waals surface area contributed by atoms with Crippen LogP contribution in [0.15, 0.2) is 30.3 Å². The van der Waals surface area contributed by atoms with Crippen LogP contribution in [0.3, 0.4) is 0 Å². The van der Waals surface area contributed by atoms with Crippen LogP contribution in [0.1, 0.15) is 0 Å². The second-order valence-electron chi connectivity index (χ2n) is 3.35. The van der Waals surface area contributed by atoms with Crippen molar-refractivity contribution in [1.29, 1.82) is 0 Å². The first-order valence-electron chi connectivity index (χ1n) is 4.80. The summed E-state index contributed by atoms with van der Waals surface area (Å²) in [6, 6.07) is 8.84. The Morgan fingerprint density at radius 3 is 2.00 bits per heavy atom. The van der Waals surface area contributed by atoms with Gasteiger partial charge in [-0.3, -0.25) is 0 Å². The molecule has 2 nitrogen and oxygen atoms in total. The van der Waals surface area contributed by atoms with Gasteiger partial charge in [-0.25, -0.2) is 0 Å². The Hall–Kier alpha value is -0.800. The molecule has 2 rings (SSSR count). The molecule has 0 aliphatic rings. The van der Waals surface area contributed by atoms with E-state index in [1.165, 1.54) is 0 Å². The number of benzene rings is 2. The van der Waals surface area contributed by atoms with Crippen LogP contribution in [0.25, 0.3) is 0 Å². The van der Waals surface area contributed by atoms with Crippen LogP contribution in [0.4, 0.5) is 0 Å². The van der Waals surface area contributed by atoms with Crippen molar-refractivity contribution < 1.29 is 9.84 Å². The van der Waals surface area contributed by atoms with E-state index in [-0.39, 0.29) is 31.6 Å². The maximum Gasteiger partial charge on any atom is 0.170 e. The molecular weight excluding hydrogens is 318 g/mol. The largest absolute Gasteiger partial charge is 0.505 e. The molecule has 0 aliphatic heterocycles. The molecule has 0 atom stereocenters. The fourth-order valence-electron chi connectivity index (χ4n) is 1.30. The molecule has 6 heteroatoms. The van der Waals surface area contributed by atoms with Crippen molar-refractivity contribution in [1.82, 2.24) is 0 Å². The number of hydrogen-bond acceptors (Lipinski definition) is 2. The van der Waals surface area contributed by atoms with Crippen molar-refractivity contribution in [3.8, 4) is 17.2 Å². The molecule has 0 bridgehead atoms. The Kier molecular flexibility index (Phi) is 4.13. The molecule has 0 unspecified atom stereocenters. The Bertz CT molecular complexity index is 555. The molecule has 94 valence electrons. The number of hydrogen-bond donors (Lipinski definition) is 1. The molecule has 2 aromatic carbocycles. The van der Waals surface area contributed by atoms with Gasteiger partial charge in [0.2, 0.25) is 0 Å². The van der Waals surface area contributed by atoms with Crippen LogP contribution in [0, 0.1) is 0 Å². The molecule has 1 N–H and O–H groups in total. The van der Waals surface area contributed by atoms with Gasteiger partial charge in [0.25, 0.3) is 0 Å². The molecule has 0 amide bonds. The predicted molar refractivity (Wildman–Crippen MR) is 74.7 cm³/mol. The van der Waals surface area contributed by atoms with E-state index in [1.807, 2.05) is 6.07 Å². The predicted octanol–water partition coefficient (Wildman–Crippen LogP) is 5.80.